The number of carbonyl (C=O) groups excluding carboxylic acids is 1. The molecule has 2 aliphatic rings. The summed E-state index contributed by atoms with van der Waals surface area (Å²) in [5, 5.41) is 15.4. The van der Waals surface area contributed by atoms with Crippen molar-refractivity contribution in [2.24, 2.45) is 4.99 Å². The molecule has 1 aliphatic carbocycles. The third-order valence-electron chi connectivity index (χ3n) is 5.90. The van der Waals surface area contributed by atoms with E-state index in [9.17, 15) is 19.5 Å². The molecule has 1 fully saturated rings. The first-order chi connectivity index (χ1) is 15.0. The van der Waals surface area contributed by atoms with E-state index in [1.54, 1.807) is 0 Å². The lowest BCUT2D eigenvalue weighted by Gasteiger charge is -2.24. The van der Waals surface area contributed by atoms with Gasteiger partial charge < -0.3 is 10.4 Å². The molecule has 0 bridgehead atoms. The molecular weight excluding hydrogens is 396 g/mol. The first-order valence-corrected chi connectivity index (χ1v) is 10.7. The summed E-state index contributed by atoms with van der Waals surface area (Å²) in [6.07, 6.45) is 6.72. The van der Waals surface area contributed by atoms with Crippen LogP contribution in [0.1, 0.15) is 57.1 Å². The number of allylic oxidation sites excluding steroid dienone is 1. The Morgan fingerprint density at radius 3 is 2.74 bits per heavy atom. The number of aromatic hydroxyl groups is 1. The number of carbonyl (C=O) groups is 1. The van der Waals surface area contributed by atoms with Crippen molar-refractivity contribution in [1.82, 2.24) is 14.9 Å². The molecule has 4 rings (SSSR count). The number of amides is 1. The van der Waals surface area contributed by atoms with Crippen LogP contribution >= 0.6 is 0 Å². The smallest absolute Gasteiger partial charge is 0.331 e. The fourth-order valence-corrected chi connectivity index (χ4v) is 4.40. The van der Waals surface area contributed by atoms with Gasteiger partial charge in [0.05, 0.1) is 11.1 Å². The number of benzene rings is 1. The Labute approximate surface area is 178 Å². The van der Waals surface area contributed by atoms with Crippen LogP contribution in [-0.2, 0) is 4.79 Å². The zero-order chi connectivity index (χ0) is 22.0. The van der Waals surface area contributed by atoms with Crippen LogP contribution in [0, 0.1) is 0 Å². The van der Waals surface area contributed by atoms with E-state index in [0.717, 1.165) is 48.3 Å². The van der Waals surface area contributed by atoms with E-state index < -0.39 is 11.2 Å². The average Bonchev–Trinajstić information content (AvgIpc) is 3.09. The van der Waals surface area contributed by atoms with Crippen LogP contribution in [0.5, 0.6) is 5.88 Å². The van der Waals surface area contributed by atoms with Gasteiger partial charge in [-0.1, -0.05) is 37.5 Å². The molecule has 0 saturated heterocycles. The van der Waals surface area contributed by atoms with Crippen molar-refractivity contribution >= 4 is 17.6 Å². The van der Waals surface area contributed by atoms with Crippen LogP contribution in [-0.4, -0.2) is 27.1 Å². The van der Waals surface area contributed by atoms with Gasteiger partial charge in [0.15, 0.2) is 0 Å². The van der Waals surface area contributed by atoms with Gasteiger partial charge in [0.1, 0.15) is 5.56 Å². The third kappa shape index (κ3) is 4.23. The van der Waals surface area contributed by atoms with Gasteiger partial charge >= 0.3 is 5.69 Å². The summed E-state index contributed by atoms with van der Waals surface area (Å²) >= 11 is 0. The van der Waals surface area contributed by atoms with Crippen LogP contribution < -0.4 is 27.1 Å². The molecule has 1 saturated carbocycles. The quantitative estimate of drug-likeness (QED) is 0.669. The standard InChI is InChI=1S/C23H26N4O4/c1-14(28)24-12-11-17-16-9-5-6-10-19(16)25-20(17)13-18-21(29)26-23(31)27(22(18)30)15-7-3-2-4-8-15/h5-6,9-10,13,15,30H,2-4,7-8,11-12H2,1H3,(H,24,28)(H,26,29,31). The second-order valence-electron chi connectivity index (χ2n) is 8.03. The van der Waals surface area contributed by atoms with Crippen LogP contribution in [0.3, 0.4) is 0 Å². The molecule has 1 aliphatic heterocycles. The highest BCUT2D eigenvalue weighted by atomic mass is 16.3. The topological polar surface area (TPSA) is 117 Å². The maximum absolute atomic E-state index is 12.6. The summed E-state index contributed by atoms with van der Waals surface area (Å²) in [5.74, 6) is -0.441. The van der Waals surface area contributed by atoms with E-state index in [2.05, 4.69) is 15.3 Å². The summed E-state index contributed by atoms with van der Waals surface area (Å²) in [6.45, 7) is 1.89. The third-order valence-corrected chi connectivity index (χ3v) is 5.90. The highest BCUT2D eigenvalue weighted by molar-refractivity contribution is 5.77. The van der Waals surface area contributed by atoms with Gasteiger partial charge in [0.2, 0.25) is 11.8 Å². The molecule has 3 N–H and O–H groups in total. The molecule has 1 amide bonds. The summed E-state index contributed by atoms with van der Waals surface area (Å²) in [4.78, 5) is 43.3. The maximum atomic E-state index is 12.6. The minimum absolute atomic E-state index is 0.0220. The molecule has 2 aromatic rings. The van der Waals surface area contributed by atoms with E-state index >= 15 is 0 Å². The molecule has 2 heterocycles. The number of H-pyrrole nitrogens is 1. The zero-order valence-corrected chi connectivity index (χ0v) is 17.5. The molecule has 1 aromatic carbocycles. The molecule has 1 aromatic heterocycles. The van der Waals surface area contributed by atoms with E-state index in [0.29, 0.717) is 18.7 Å². The molecule has 0 spiro atoms. The van der Waals surface area contributed by atoms with Crippen molar-refractivity contribution in [3.8, 4) is 5.88 Å². The lowest BCUT2D eigenvalue weighted by atomic mass is 9.95. The SMILES string of the molecule is CC(=O)NCCC1=c2ccccc2=NC1=Cc1c(O)n(C2CCCCC2)c(=O)[nH]c1=O. The Morgan fingerprint density at radius 2 is 2.00 bits per heavy atom. The van der Waals surface area contributed by atoms with Gasteiger partial charge in [0, 0.05) is 24.7 Å². The molecule has 162 valence electrons. The van der Waals surface area contributed by atoms with Crippen LogP contribution in [0.4, 0.5) is 0 Å². The van der Waals surface area contributed by atoms with Crippen molar-refractivity contribution in [1.29, 1.82) is 0 Å². The van der Waals surface area contributed by atoms with Crippen molar-refractivity contribution in [3.05, 3.63) is 66.9 Å². The van der Waals surface area contributed by atoms with Crippen molar-refractivity contribution in [2.75, 3.05) is 6.54 Å². The van der Waals surface area contributed by atoms with E-state index in [-0.39, 0.29) is 23.4 Å². The Hall–Kier alpha value is -3.42. The largest absolute Gasteiger partial charge is 0.494 e. The maximum Gasteiger partial charge on any atom is 0.331 e. The predicted molar refractivity (Wildman–Crippen MR) is 117 cm³/mol. The van der Waals surface area contributed by atoms with E-state index in [1.165, 1.54) is 17.6 Å². The summed E-state index contributed by atoms with van der Waals surface area (Å²) in [7, 11) is 0. The van der Waals surface area contributed by atoms with Crippen molar-refractivity contribution in [3.63, 3.8) is 0 Å². The van der Waals surface area contributed by atoms with Crippen LogP contribution in [0.25, 0.3) is 11.6 Å². The number of aromatic amines is 1. The fraction of sp³-hybridized carbons (Fsp3) is 0.391. The molecular formula is C23H26N4O4. The second kappa shape index (κ2) is 8.75. The molecule has 0 unspecified atom stereocenters. The molecule has 0 atom stereocenters. The lowest BCUT2D eigenvalue weighted by molar-refractivity contribution is -0.118. The number of rotatable bonds is 5. The number of para-hydroxylation sites is 1. The molecule has 31 heavy (non-hydrogen) atoms. The number of hydrogen-bond acceptors (Lipinski definition) is 5. The Balaban J connectivity index is 1.80. The van der Waals surface area contributed by atoms with Gasteiger partial charge in [-0.2, -0.15) is 0 Å². The normalized spacial score (nSPS) is 17.5. The number of fused-ring (bicyclic) bond motifs is 1. The predicted octanol–water partition coefficient (Wildman–Crippen LogP) is 1.10. The lowest BCUT2D eigenvalue weighted by Crippen LogP contribution is -2.34. The molecule has 0 radical (unpaired) electrons. The Bertz CT molecular complexity index is 1280. The monoisotopic (exact) mass is 422 g/mol. The second-order valence-corrected chi connectivity index (χ2v) is 8.03. The number of hydrogen-bond donors (Lipinski definition) is 3. The first kappa shape index (κ1) is 20.8. The average molecular weight is 422 g/mol. The molecule has 8 nitrogen and oxygen atoms in total. The van der Waals surface area contributed by atoms with Gasteiger partial charge in [0.25, 0.3) is 5.56 Å². The molecule has 8 heteroatoms. The van der Waals surface area contributed by atoms with E-state index in [1.807, 2.05) is 24.3 Å². The van der Waals surface area contributed by atoms with Gasteiger partial charge in [-0.15, -0.1) is 0 Å². The van der Waals surface area contributed by atoms with Crippen molar-refractivity contribution in [2.45, 2.75) is 51.5 Å². The minimum atomic E-state index is -0.644. The first-order valence-electron chi connectivity index (χ1n) is 10.7. The highest BCUT2D eigenvalue weighted by Crippen LogP contribution is 2.31. The fourth-order valence-electron chi connectivity index (χ4n) is 4.40. The summed E-state index contributed by atoms with van der Waals surface area (Å²) < 4.78 is 1.31. The summed E-state index contributed by atoms with van der Waals surface area (Å²) in [5.41, 5.74) is 0.209. The van der Waals surface area contributed by atoms with Crippen LogP contribution in [0.15, 0.2) is 44.5 Å². The van der Waals surface area contributed by atoms with Crippen molar-refractivity contribution < 1.29 is 9.90 Å². The van der Waals surface area contributed by atoms with Crippen LogP contribution in [0.2, 0.25) is 0 Å². The highest BCUT2D eigenvalue weighted by Gasteiger charge is 2.23. The van der Waals surface area contributed by atoms with Gasteiger partial charge in [-0.05, 0) is 37.0 Å². The number of aromatic nitrogens is 2. The Kier molecular flexibility index (Phi) is 5.88. The number of nitrogens with zero attached hydrogens (tertiary/aromatic N) is 2. The Morgan fingerprint density at radius 1 is 1.26 bits per heavy atom. The minimum Gasteiger partial charge on any atom is -0.494 e. The van der Waals surface area contributed by atoms with E-state index in [4.69, 9.17) is 0 Å². The summed E-state index contributed by atoms with van der Waals surface area (Å²) in [6, 6.07) is 7.47. The van der Waals surface area contributed by atoms with Gasteiger partial charge in [-0.25, -0.2) is 9.79 Å². The number of nitrogens with one attached hydrogen (secondary N) is 2. The van der Waals surface area contributed by atoms with Gasteiger partial charge in [-0.3, -0.25) is 19.1 Å². The zero-order valence-electron chi connectivity index (χ0n) is 17.5.